The van der Waals surface area contributed by atoms with E-state index in [-0.39, 0.29) is 17.7 Å². The third-order valence-corrected chi connectivity index (χ3v) is 3.46. The highest BCUT2D eigenvalue weighted by Gasteiger charge is 2.32. The average molecular weight is 241 g/mol. The summed E-state index contributed by atoms with van der Waals surface area (Å²) < 4.78 is 0. The Bertz CT molecular complexity index is 294. The lowest BCUT2D eigenvalue weighted by molar-refractivity contribution is -0.135. The SMILES string of the molecule is CC1CCN(C(=O)C(C(N)=NO)C(C)C)CC1. The van der Waals surface area contributed by atoms with Gasteiger partial charge in [0.15, 0.2) is 5.84 Å². The number of hydrogen-bond donors (Lipinski definition) is 2. The van der Waals surface area contributed by atoms with E-state index >= 15 is 0 Å². The molecule has 3 N–H and O–H groups in total. The van der Waals surface area contributed by atoms with Gasteiger partial charge in [0, 0.05) is 13.1 Å². The number of amidine groups is 1. The number of rotatable bonds is 3. The second kappa shape index (κ2) is 5.89. The first-order chi connectivity index (χ1) is 7.97. The lowest BCUT2D eigenvalue weighted by Gasteiger charge is -2.33. The molecule has 0 aromatic carbocycles. The predicted octanol–water partition coefficient (Wildman–Crippen LogP) is 1.26. The average Bonchev–Trinajstić information content (AvgIpc) is 2.29. The second-order valence-electron chi connectivity index (χ2n) is 5.25. The molecule has 5 nitrogen and oxygen atoms in total. The number of carbonyl (C=O) groups excluding carboxylic acids is 1. The molecule has 1 fully saturated rings. The standard InChI is InChI=1S/C12H23N3O2/c1-8(2)10(11(13)14-17)12(16)15-6-4-9(3)5-7-15/h8-10,17H,4-7H2,1-3H3,(H2,13,14). The molecule has 5 heteroatoms. The van der Waals surface area contributed by atoms with Gasteiger partial charge in [0.1, 0.15) is 5.92 Å². The fourth-order valence-electron chi connectivity index (χ4n) is 2.24. The van der Waals surface area contributed by atoms with Crippen molar-refractivity contribution in [3.63, 3.8) is 0 Å². The minimum absolute atomic E-state index is 0.0119. The molecule has 1 saturated heterocycles. The van der Waals surface area contributed by atoms with Crippen molar-refractivity contribution in [3.8, 4) is 0 Å². The Labute approximate surface area is 103 Å². The van der Waals surface area contributed by atoms with Gasteiger partial charge in [0.2, 0.25) is 5.91 Å². The molecule has 0 spiro atoms. The number of oxime groups is 1. The van der Waals surface area contributed by atoms with Crippen LogP contribution in [0.2, 0.25) is 0 Å². The van der Waals surface area contributed by atoms with Crippen molar-refractivity contribution in [1.82, 2.24) is 4.90 Å². The Morgan fingerprint density at radius 2 is 1.94 bits per heavy atom. The van der Waals surface area contributed by atoms with E-state index in [0.717, 1.165) is 25.9 Å². The summed E-state index contributed by atoms with van der Waals surface area (Å²) in [4.78, 5) is 14.1. The highest BCUT2D eigenvalue weighted by atomic mass is 16.4. The van der Waals surface area contributed by atoms with Crippen molar-refractivity contribution in [3.05, 3.63) is 0 Å². The zero-order valence-electron chi connectivity index (χ0n) is 10.9. The predicted molar refractivity (Wildman–Crippen MR) is 66.7 cm³/mol. The summed E-state index contributed by atoms with van der Waals surface area (Å²) >= 11 is 0. The molecule has 0 aliphatic carbocycles. The molecular formula is C12H23N3O2. The molecule has 0 aromatic heterocycles. The number of hydrogen-bond acceptors (Lipinski definition) is 3. The van der Waals surface area contributed by atoms with Gasteiger partial charge in [-0.3, -0.25) is 4.79 Å². The third kappa shape index (κ3) is 3.35. The molecule has 1 rings (SSSR count). The second-order valence-corrected chi connectivity index (χ2v) is 5.25. The third-order valence-electron chi connectivity index (χ3n) is 3.46. The summed E-state index contributed by atoms with van der Waals surface area (Å²) in [6, 6.07) is 0. The minimum atomic E-state index is -0.506. The molecule has 0 radical (unpaired) electrons. The normalized spacial score (nSPS) is 20.7. The van der Waals surface area contributed by atoms with Crippen LogP contribution in [0.4, 0.5) is 0 Å². The van der Waals surface area contributed by atoms with Crippen LogP contribution < -0.4 is 5.73 Å². The van der Waals surface area contributed by atoms with Crippen LogP contribution in [-0.4, -0.2) is 34.9 Å². The van der Waals surface area contributed by atoms with Crippen molar-refractivity contribution < 1.29 is 10.0 Å². The number of likely N-dealkylation sites (tertiary alicyclic amines) is 1. The smallest absolute Gasteiger partial charge is 0.233 e. The van der Waals surface area contributed by atoms with Crippen molar-refractivity contribution in [2.75, 3.05) is 13.1 Å². The summed E-state index contributed by atoms with van der Waals surface area (Å²) in [5, 5.41) is 11.7. The maximum absolute atomic E-state index is 12.3. The number of nitrogens with zero attached hydrogens (tertiary/aromatic N) is 2. The first-order valence-electron chi connectivity index (χ1n) is 6.23. The van der Waals surface area contributed by atoms with E-state index in [1.807, 2.05) is 18.7 Å². The lowest BCUT2D eigenvalue weighted by Crippen LogP contribution is -2.47. The Morgan fingerprint density at radius 3 is 2.35 bits per heavy atom. The Kier molecular flexibility index (Phi) is 4.78. The van der Waals surface area contributed by atoms with Gasteiger partial charge in [-0.2, -0.15) is 0 Å². The first kappa shape index (κ1) is 13.8. The Balaban J connectivity index is 2.72. The molecule has 0 aromatic rings. The van der Waals surface area contributed by atoms with E-state index < -0.39 is 5.92 Å². The summed E-state index contributed by atoms with van der Waals surface area (Å²) in [6.45, 7) is 7.58. The molecule has 1 aliphatic heterocycles. The molecule has 98 valence electrons. The molecule has 0 saturated carbocycles. The largest absolute Gasteiger partial charge is 0.409 e. The van der Waals surface area contributed by atoms with Gasteiger partial charge in [0.25, 0.3) is 0 Å². The summed E-state index contributed by atoms with van der Waals surface area (Å²) in [7, 11) is 0. The van der Waals surface area contributed by atoms with Gasteiger partial charge in [-0.15, -0.1) is 0 Å². The van der Waals surface area contributed by atoms with E-state index in [1.54, 1.807) is 0 Å². The van der Waals surface area contributed by atoms with Crippen molar-refractivity contribution in [2.24, 2.45) is 28.6 Å². The fraction of sp³-hybridized carbons (Fsp3) is 0.833. The monoisotopic (exact) mass is 241 g/mol. The molecule has 17 heavy (non-hydrogen) atoms. The van der Waals surface area contributed by atoms with Crippen LogP contribution in [0.1, 0.15) is 33.6 Å². The fourth-order valence-corrected chi connectivity index (χ4v) is 2.24. The number of amides is 1. The first-order valence-corrected chi connectivity index (χ1v) is 6.23. The van der Waals surface area contributed by atoms with Crippen LogP contribution in [0.3, 0.4) is 0 Å². The van der Waals surface area contributed by atoms with E-state index in [9.17, 15) is 4.79 Å². The van der Waals surface area contributed by atoms with Crippen LogP contribution >= 0.6 is 0 Å². The van der Waals surface area contributed by atoms with Crippen LogP contribution in [0.5, 0.6) is 0 Å². The molecule has 1 unspecified atom stereocenters. The van der Waals surface area contributed by atoms with E-state index in [0.29, 0.717) is 5.92 Å². The molecule has 1 aliphatic rings. The van der Waals surface area contributed by atoms with E-state index in [4.69, 9.17) is 10.9 Å². The van der Waals surface area contributed by atoms with Crippen LogP contribution in [-0.2, 0) is 4.79 Å². The van der Waals surface area contributed by atoms with E-state index in [1.165, 1.54) is 0 Å². The highest BCUT2D eigenvalue weighted by molar-refractivity contribution is 6.02. The van der Waals surface area contributed by atoms with Crippen molar-refractivity contribution in [2.45, 2.75) is 33.6 Å². The Morgan fingerprint density at radius 1 is 1.41 bits per heavy atom. The van der Waals surface area contributed by atoms with E-state index in [2.05, 4.69) is 12.1 Å². The summed E-state index contributed by atoms with van der Waals surface area (Å²) in [5.41, 5.74) is 5.61. The maximum atomic E-state index is 12.3. The zero-order chi connectivity index (χ0) is 13.0. The number of carbonyl (C=O) groups is 1. The molecular weight excluding hydrogens is 218 g/mol. The maximum Gasteiger partial charge on any atom is 0.233 e. The number of piperidine rings is 1. The van der Waals surface area contributed by atoms with Crippen LogP contribution in [0, 0.1) is 17.8 Å². The van der Waals surface area contributed by atoms with Gasteiger partial charge in [-0.05, 0) is 24.7 Å². The molecule has 1 amide bonds. The van der Waals surface area contributed by atoms with Gasteiger partial charge >= 0.3 is 0 Å². The molecule has 0 bridgehead atoms. The minimum Gasteiger partial charge on any atom is -0.409 e. The van der Waals surface area contributed by atoms with Crippen LogP contribution in [0.15, 0.2) is 5.16 Å². The lowest BCUT2D eigenvalue weighted by atomic mass is 9.91. The number of nitrogens with two attached hydrogens (primary N) is 1. The topological polar surface area (TPSA) is 78.9 Å². The zero-order valence-corrected chi connectivity index (χ0v) is 10.9. The highest BCUT2D eigenvalue weighted by Crippen LogP contribution is 2.21. The van der Waals surface area contributed by atoms with Crippen molar-refractivity contribution >= 4 is 11.7 Å². The van der Waals surface area contributed by atoms with Gasteiger partial charge < -0.3 is 15.8 Å². The quantitative estimate of drug-likeness (QED) is 0.338. The van der Waals surface area contributed by atoms with Crippen molar-refractivity contribution in [1.29, 1.82) is 0 Å². The van der Waals surface area contributed by atoms with Gasteiger partial charge in [0.05, 0.1) is 0 Å². The molecule has 1 heterocycles. The van der Waals surface area contributed by atoms with Gasteiger partial charge in [-0.25, -0.2) is 0 Å². The van der Waals surface area contributed by atoms with Gasteiger partial charge in [-0.1, -0.05) is 25.9 Å². The molecule has 1 atom stereocenters. The van der Waals surface area contributed by atoms with Crippen LogP contribution in [0.25, 0.3) is 0 Å². The Hall–Kier alpha value is -1.26. The summed E-state index contributed by atoms with van der Waals surface area (Å²) in [5.74, 6) is 0.220. The summed E-state index contributed by atoms with van der Waals surface area (Å²) in [6.07, 6.45) is 2.07.